The number of aliphatic hydroxyl groups excluding tert-OH is 1. The first-order valence-corrected chi connectivity index (χ1v) is 8.88. The number of aliphatic hydroxyl groups is 1. The van der Waals surface area contributed by atoms with Gasteiger partial charge in [0.2, 0.25) is 0 Å². The van der Waals surface area contributed by atoms with Gasteiger partial charge in [-0.05, 0) is 35.9 Å². The van der Waals surface area contributed by atoms with Gasteiger partial charge in [0.1, 0.15) is 17.6 Å². The van der Waals surface area contributed by atoms with Crippen molar-refractivity contribution in [2.45, 2.75) is 12.1 Å². The molecule has 0 spiro atoms. The normalized spacial score (nSPS) is 12.6. The molecule has 2 aromatic rings. The van der Waals surface area contributed by atoms with Crippen LogP contribution in [0.5, 0.6) is 11.5 Å². The van der Waals surface area contributed by atoms with Gasteiger partial charge >= 0.3 is 5.97 Å². The van der Waals surface area contributed by atoms with Crippen molar-refractivity contribution in [3.8, 4) is 11.5 Å². The third-order valence-electron chi connectivity index (χ3n) is 3.80. The summed E-state index contributed by atoms with van der Waals surface area (Å²) in [7, 11) is 2.67. The molecule has 0 aliphatic heterocycles. The molecule has 0 saturated heterocycles. The maximum Gasteiger partial charge on any atom is 0.331 e. The van der Waals surface area contributed by atoms with Crippen molar-refractivity contribution in [1.82, 2.24) is 5.32 Å². The van der Waals surface area contributed by atoms with Crippen LogP contribution in [0, 0.1) is 0 Å². The Morgan fingerprint density at radius 3 is 2.36 bits per heavy atom. The second-order valence-corrected chi connectivity index (χ2v) is 6.49. The van der Waals surface area contributed by atoms with Crippen LogP contribution >= 0.6 is 23.2 Å². The molecule has 2 rings (SSSR count). The summed E-state index contributed by atoms with van der Waals surface area (Å²) in [5.41, 5.74) is 0.401. The van der Waals surface area contributed by atoms with Gasteiger partial charge in [-0.1, -0.05) is 35.3 Å². The molecule has 2 aromatic carbocycles. The lowest BCUT2D eigenvalue weighted by Crippen LogP contribution is -2.47. The number of carbonyl (C=O) groups is 2. The Bertz CT molecular complexity index is 828. The molecule has 2 atom stereocenters. The van der Waals surface area contributed by atoms with Crippen LogP contribution < -0.4 is 14.8 Å². The maximum absolute atomic E-state index is 12.2. The highest BCUT2D eigenvalue weighted by Crippen LogP contribution is 2.27. The average Bonchev–Trinajstić information content (AvgIpc) is 2.70. The summed E-state index contributed by atoms with van der Waals surface area (Å²) in [4.78, 5) is 24.3. The lowest BCUT2D eigenvalue weighted by molar-refractivity contribution is -0.148. The first-order valence-electron chi connectivity index (χ1n) is 8.12. The van der Waals surface area contributed by atoms with E-state index in [1.807, 2.05) is 0 Å². The summed E-state index contributed by atoms with van der Waals surface area (Å²) in [5, 5.41) is 13.6. The van der Waals surface area contributed by atoms with Gasteiger partial charge in [-0.25, -0.2) is 4.79 Å². The van der Waals surface area contributed by atoms with Gasteiger partial charge in [0.25, 0.3) is 5.91 Å². The van der Waals surface area contributed by atoms with Crippen molar-refractivity contribution in [3.63, 3.8) is 0 Å². The third-order valence-corrected chi connectivity index (χ3v) is 4.33. The average molecular weight is 428 g/mol. The van der Waals surface area contributed by atoms with Gasteiger partial charge in [-0.3, -0.25) is 4.79 Å². The predicted molar refractivity (Wildman–Crippen MR) is 104 cm³/mol. The Balaban J connectivity index is 2.05. The number of rotatable bonds is 8. The van der Waals surface area contributed by atoms with Crippen LogP contribution in [0.25, 0.3) is 0 Å². The number of halogens is 2. The van der Waals surface area contributed by atoms with Crippen molar-refractivity contribution in [2.24, 2.45) is 0 Å². The van der Waals surface area contributed by atoms with E-state index < -0.39 is 30.6 Å². The molecule has 7 nitrogen and oxygen atoms in total. The molecule has 0 aliphatic rings. The zero-order valence-electron chi connectivity index (χ0n) is 15.1. The van der Waals surface area contributed by atoms with Gasteiger partial charge in [0, 0.05) is 5.02 Å². The monoisotopic (exact) mass is 427 g/mol. The minimum Gasteiger partial charge on any atom is -0.497 e. The van der Waals surface area contributed by atoms with Crippen LogP contribution in [0.15, 0.2) is 42.5 Å². The van der Waals surface area contributed by atoms with Crippen molar-refractivity contribution in [1.29, 1.82) is 0 Å². The van der Waals surface area contributed by atoms with Gasteiger partial charge in [0.15, 0.2) is 12.6 Å². The Morgan fingerprint density at radius 1 is 1.11 bits per heavy atom. The summed E-state index contributed by atoms with van der Waals surface area (Å²) in [6.45, 7) is -0.426. The molecule has 0 bridgehead atoms. The molecule has 0 heterocycles. The number of carbonyl (C=O) groups excluding carboxylic acids is 2. The lowest BCUT2D eigenvalue weighted by Gasteiger charge is -2.22. The molecule has 0 fully saturated rings. The Labute approximate surface area is 172 Å². The van der Waals surface area contributed by atoms with Gasteiger partial charge in [-0.2, -0.15) is 0 Å². The van der Waals surface area contributed by atoms with Gasteiger partial charge in [-0.15, -0.1) is 0 Å². The molecule has 0 radical (unpaired) electrons. The first-order chi connectivity index (χ1) is 13.3. The van der Waals surface area contributed by atoms with E-state index in [2.05, 4.69) is 10.1 Å². The molecule has 2 N–H and O–H groups in total. The molecule has 0 aliphatic carbocycles. The van der Waals surface area contributed by atoms with Crippen LogP contribution in [0.1, 0.15) is 11.7 Å². The quantitative estimate of drug-likeness (QED) is 0.629. The fraction of sp³-hybridized carbons (Fsp3) is 0.263. The van der Waals surface area contributed by atoms with E-state index in [1.165, 1.54) is 19.2 Å². The summed E-state index contributed by atoms with van der Waals surface area (Å²) < 4.78 is 15.1. The van der Waals surface area contributed by atoms with E-state index in [1.54, 1.807) is 30.3 Å². The zero-order chi connectivity index (χ0) is 20.7. The van der Waals surface area contributed by atoms with Crippen LogP contribution in [0.3, 0.4) is 0 Å². The Hall–Kier alpha value is -2.48. The summed E-state index contributed by atoms with van der Waals surface area (Å²) in [6.07, 6.45) is -1.33. The van der Waals surface area contributed by atoms with Gasteiger partial charge < -0.3 is 24.6 Å². The van der Waals surface area contributed by atoms with Crippen molar-refractivity contribution in [3.05, 3.63) is 58.1 Å². The highest BCUT2D eigenvalue weighted by molar-refractivity contribution is 6.35. The molecule has 150 valence electrons. The number of nitrogens with one attached hydrogen (secondary N) is 1. The molecular formula is C19H19Cl2NO6. The number of hydrogen-bond acceptors (Lipinski definition) is 6. The predicted octanol–water partition coefficient (Wildman–Crippen LogP) is 2.77. The highest BCUT2D eigenvalue weighted by Gasteiger charge is 2.30. The van der Waals surface area contributed by atoms with Crippen LogP contribution in [0.2, 0.25) is 10.0 Å². The molecule has 1 amide bonds. The van der Waals surface area contributed by atoms with E-state index in [4.69, 9.17) is 32.7 Å². The molecule has 2 unspecified atom stereocenters. The number of amides is 1. The van der Waals surface area contributed by atoms with E-state index in [0.717, 1.165) is 7.11 Å². The third kappa shape index (κ3) is 5.76. The summed E-state index contributed by atoms with van der Waals surface area (Å²) in [5.74, 6) is -0.607. The number of hydrogen-bond donors (Lipinski definition) is 2. The number of esters is 1. The second-order valence-electron chi connectivity index (χ2n) is 5.65. The molecule has 28 heavy (non-hydrogen) atoms. The summed E-state index contributed by atoms with van der Waals surface area (Å²) in [6, 6.07) is 9.63. The largest absolute Gasteiger partial charge is 0.497 e. The smallest absolute Gasteiger partial charge is 0.331 e. The van der Waals surface area contributed by atoms with Crippen molar-refractivity contribution >= 4 is 35.1 Å². The first kappa shape index (κ1) is 21.8. The standard InChI is InChI=1S/C19H19Cl2NO6/c1-26-13-6-3-11(4-7-13)18(24)17(19(25)27-2)22-16(23)10-28-15-8-5-12(20)9-14(15)21/h3-9,17-18,24H,10H2,1-2H3,(H,22,23). The van der Waals surface area contributed by atoms with E-state index >= 15 is 0 Å². The highest BCUT2D eigenvalue weighted by atomic mass is 35.5. The van der Waals surface area contributed by atoms with Crippen LogP contribution in [-0.4, -0.2) is 43.9 Å². The number of benzene rings is 2. The topological polar surface area (TPSA) is 94.1 Å². The van der Waals surface area contributed by atoms with Crippen molar-refractivity contribution in [2.75, 3.05) is 20.8 Å². The molecule has 0 aromatic heterocycles. The molecule has 0 saturated carbocycles. The fourth-order valence-corrected chi connectivity index (χ4v) is 2.80. The maximum atomic E-state index is 12.2. The SMILES string of the molecule is COC(=O)C(NC(=O)COc1ccc(Cl)cc1Cl)C(O)c1ccc(OC)cc1. The van der Waals surface area contributed by atoms with E-state index in [9.17, 15) is 14.7 Å². The van der Waals surface area contributed by atoms with E-state index in [0.29, 0.717) is 16.3 Å². The van der Waals surface area contributed by atoms with Gasteiger partial charge in [0.05, 0.1) is 19.2 Å². The van der Waals surface area contributed by atoms with Crippen molar-refractivity contribution < 1.29 is 28.9 Å². The zero-order valence-corrected chi connectivity index (χ0v) is 16.7. The lowest BCUT2D eigenvalue weighted by atomic mass is 10.0. The second kappa shape index (κ2) is 10.2. The minimum absolute atomic E-state index is 0.239. The number of ether oxygens (including phenoxy) is 3. The number of methoxy groups -OCH3 is 2. The van der Waals surface area contributed by atoms with E-state index in [-0.39, 0.29) is 10.8 Å². The minimum atomic E-state index is -1.33. The molecule has 9 heteroatoms. The Morgan fingerprint density at radius 2 is 1.79 bits per heavy atom. The summed E-state index contributed by atoms with van der Waals surface area (Å²) >= 11 is 11.8. The molecular weight excluding hydrogens is 409 g/mol. The van der Waals surface area contributed by atoms with Crippen LogP contribution in [0.4, 0.5) is 0 Å². The van der Waals surface area contributed by atoms with Crippen LogP contribution in [-0.2, 0) is 14.3 Å². The fourth-order valence-electron chi connectivity index (χ4n) is 2.34. The Kier molecular flexibility index (Phi) is 7.92.